The summed E-state index contributed by atoms with van der Waals surface area (Å²) in [5.74, 6) is -2.27. The molecule has 0 amide bonds. The molecule has 0 aromatic carbocycles. The summed E-state index contributed by atoms with van der Waals surface area (Å²) in [5, 5.41) is 20.9. The summed E-state index contributed by atoms with van der Waals surface area (Å²) in [6.07, 6.45) is -2.20. The summed E-state index contributed by atoms with van der Waals surface area (Å²) in [6.45, 7) is 0.472. The van der Waals surface area contributed by atoms with E-state index >= 15 is 0 Å². The first kappa shape index (κ1) is 19.1. The van der Waals surface area contributed by atoms with Gasteiger partial charge in [-0.2, -0.15) is 13.1 Å². The molecule has 14 heavy (non-hydrogen) atoms. The molecule has 0 aliphatic heterocycles. The molecule has 0 aromatic rings. The van der Waals surface area contributed by atoms with Crippen LogP contribution in [-0.4, -0.2) is 46.5 Å². The van der Waals surface area contributed by atoms with Crippen LogP contribution in [0.2, 0.25) is 0 Å². The molecule has 0 rings (SSSR count). The molecule has 0 saturated heterocycles. The summed E-state index contributed by atoms with van der Waals surface area (Å²) in [4.78, 5) is 19.7. The van der Waals surface area contributed by atoms with E-state index in [1.165, 1.54) is 0 Å². The third-order valence-corrected chi connectivity index (χ3v) is 0.806. The first-order valence-corrected chi connectivity index (χ1v) is 3.42. The Morgan fingerprint density at radius 1 is 1.21 bits per heavy atom. The summed E-state index contributed by atoms with van der Waals surface area (Å²) in [7, 11) is 0. The van der Waals surface area contributed by atoms with Crippen LogP contribution in [-0.2, 0) is 30.7 Å². The quantitative estimate of drug-likeness (QED) is 0.573. The number of aliphatic hydroxyl groups excluding tert-OH is 1. The van der Waals surface area contributed by atoms with E-state index in [0.29, 0.717) is 0 Å². The van der Waals surface area contributed by atoms with Crippen molar-refractivity contribution in [1.29, 1.82) is 0 Å². The zero-order valence-corrected chi connectivity index (χ0v) is 9.55. The van der Waals surface area contributed by atoms with Gasteiger partial charge in [0.15, 0.2) is 0 Å². The first-order valence-electron chi connectivity index (χ1n) is 3.42. The van der Waals surface area contributed by atoms with E-state index in [0.717, 1.165) is 0 Å². The summed E-state index contributed by atoms with van der Waals surface area (Å²) < 4.78 is 0. The first-order chi connectivity index (χ1) is 5.95. The maximum atomic E-state index is 9.86. The Bertz CT molecular complexity index is 164. The number of carbonyl (C=O) groups excluding carboxylic acids is 2. The van der Waals surface area contributed by atoms with Crippen molar-refractivity contribution in [2.45, 2.75) is 12.5 Å². The van der Waals surface area contributed by atoms with Gasteiger partial charge in [0.1, 0.15) is 6.42 Å². The van der Waals surface area contributed by atoms with Crippen molar-refractivity contribution < 1.29 is 46.0 Å². The SMILES string of the molecule is O=C([OH2+])CC(O)C(=O)[OH2+].[NH-]CC[NH-].[Pt+4]. The van der Waals surface area contributed by atoms with Crippen LogP contribution in [0.1, 0.15) is 6.42 Å². The molecule has 0 spiro atoms. The Morgan fingerprint density at radius 2 is 1.57 bits per heavy atom. The van der Waals surface area contributed by atoms with Crippen LogP contribution in [0.25, 0.3) is 11.5 Å². The minimum atomic E-state index is -1.62. The maximum Gasteiger partial charge on any atom is 4.00 e. The molecule has 0 heterocycles. The molecule has 0 aromatic heterocycles. The molecule has 0 aliphatic rings. The van der Waals surface area contributed by atoms with Gasteiger partial charge < -0.3 is 26.8 Å². The van der Waals surface area contributed by atoms with Crippen molar-refractivity contribution in [3.8, 4) is 0 Å². The molecule has 7 N–H and O–H groups in total. The molecule has 0 radical (unpaired) electrons. The standard InChI is InChI=1S/C4H6O5.C2H6N2.Pt/c5-2(4(8)9)1-3(6)7;3-1-2-4;/h2,5H,1H2,(H,6,7)(H,8,9);3-4H,1-2H2;/q;-2;+4/p+2. The average Bonchev–Trinajstić information content (AvgIpc) is 2.03. The van der Waals surface area contributed by atoms with Gasteiger partial charge in [0.25, 0.3) is 0 Å². The fourth-order valence-corrected chi connectivity index (χ4v) is 0.268. The number of hydrogen-bond acceptors (Lipinski definition) is 3. The molecule has 1 unspecified atom stereocenters. The molecule has 1 atom stereocenters. The van der Waals surface area contributed by atoms with Crippen LogP contribution < -0.4 is 0 Å². The van der Waals surface area contributed by atoms with E-state index < -0.39 is 24.5 Å². The zero-order valence-electron chi connectivity index (χ0n) is 7.28. The Labute approximate surface area is 95.3 Å². The van der Waals surface area contributed by atoms with E-state index in [4.69, 9.17) is 26.8 Å². The minimum absolute atomic E-state index is 0. The van der Waals surface area contributed by atoms with Crippen LogP contribution in [0.3, 0.4) is 0 Å². The fraction of sp³-hybridized carbons (Fsp3) is 0.667. The van der Waals surface area contributed by atoms with Gasteiger partial charge in [-0.15, -0.1) is 0 Å². The third kappa shape index (κ3) is 17.6. The number of aliphatic hydroxyl groups is 1. The van der Waals surface area contributed by atoms with E-state index in [1.807, 2.05) is 0 Å². The van der Waals surface area contributed by atoms with Crippen molar-refractivity contribution >= 4 is 11.9 Å². The van der Waals surface area contributed by atoms with Gasteiger partial charge in [0.05, 0.1) is 0 Å². The largest absolute Gasteiger partial charge is 4.00 e. The second-order valence-corrected chi connectivity index (χ2v) is 2.01. The van der Waals surface area contributed by atoms with E-state index in [9.17, 15) is 9.59 Å². The normalized spacial score (nSPS) is 10.2. The van der Waals surface area contributed by atoms with Crippen molar-refractivity contribution in [3.05, 3.63) is 11.5 Å². The van der Waals surface area contributed by atoms with E-state index in [-0.39, 0.29) is 34.2 Å². The monoisotopic (exact) mass is 389 g/mol. The predicted octanol–water partition coefficient (Wildman–Crippen LogP) is -1.67. The smallest absolute Gasteiger partial charge is 0.679 e. The Kier molecular flexibility index (Phi) is 17.1. The van der Waals surface area contributed by atoms with Crippen LogP contribution >= 0.6 is 0 Å². The Morgan fingerprint density at radius 3 is 1.64 bits per heavy atom. The molecule has 8 heteroatoms. The number of nitrogens with one attached hydrogen (secondary N) is 2. The van der Waals surface area contributed by atoms with Crippen molar-refractivity contribution in [1.82, 2.24) is 0 Å². The molecule has 84 valence electrons. The van der Waals surface area contributed by atoms with Crippen molar-refractivity contribution in [3.63, 3.8) is 0 Å². The number of hydrogen-bond donors (Lipinski definition) is 1. The predicted molar refractivity (Wildman–Crippen MR) is 46.2 cm³/mol. The van der Waals surface area contributed by atoms with Gasteiger partial charge in [-0.25, -0.2) is 0 Å². The van der Waals surface area contributed by atoms with E-state index in [1.54, 1.807) is 0 Å². The molecule has 0 bridgehead atoms. The Hall–Kier alpha value is -0.492. The fourth-order valence-electron chi connectivity index (χ4n) is 0.268. The molecule has 0 aliphatic carbocycles. The number of rotatable bonds is 4. The van der Waals surface area contributed by atoms with Crippen LogP contribution in [0.4, 0.5) is 0 Å². The van der Waals surface area contributed by atoms with Gasteiger partial charge in [-0.05, 0) is 0 Å². The second kappa shape index (κ2) is 12.5. The van der Waals surface area contributed by atoms with Crippen molar-refractivity contribution in [2.24, 2.45) is 0 Å². The minimum Gasteiger partial charge on any atom is -0.679 e. The molecule has 0 fully saturated rings. The van der Waals surface area contributed by atoms with Crippen LogP contribution in [0.15, 0.2) is 0 Å². The van der Waals surface area contributed by atoms with Crippen LogP contribution in [0, 0.1) is 0 Å². The third-order valence-electron chi connectivity index (χ3n) is 0.806. The van der Waals surface area contributed by atoms with Gasteiger partial charge >= 0.3 is 33.0 Å². The summed E-state index contributed by atoms with van der Waals surface area (Å²) in [6, 6.07) is 0. The molecule has 7 nitrogen and oxygen atoms in total. The molecule has 0 saturated carbocycles. The topological polar surface area (TPSA) is 148 Å². The maximum absolute atomic E-state index is 9.86. The second-order valence-electron chi connectivity index (χ2n) is 2.01. The van der Waals surface area contributed by atoms with E-state index in [2.05, 4.69) is 0 Å². The van der Waals surface area contributed by atoms with Crippen LogP contribution in [0.5, 0.6) is 0 Å². The van der Waals surface area contributed by atoms with Crippen molar-refractivity contribution in [2.75, 3.05) is 13.1 Å². The average molecular weight is 389 g/mol. The number of carbonyl (C=O) groups is 2. The summed E-state index contributed by atoms with van der Waals surface area (Å²) in [5.41, 5.74) is 12.5. The Balaban J connectivity index is -0.000000209. The van der Waals surface area contributed by atoms with Gasteiger partial charge in [0, 0.05) is 9.59 Å². The summed E-state index contributed by atoms with van der Waals surface area (Å²) >= 11 is 0. The molecular formula is C6H14N2O5Pt+4. The molecular weight excluding hydrogens is 375 g/mol. The van der Waals surface area contributed by atoms with Gasteiger partial charge in [-0.3, -0.25) is 0 Å². The zero-order chi connectivity index (χ0) is 10.9. The van der Waals surface area contributed by atoms with Gasteiger partial charge in [-0.1, -0.05) is 0 Å². The van der Waals surface area contributed by atoms with Gasteiger partial charge in [0.2, 0.25) is 6.10 Å².